The van der Waals surface area contributed by atoms with Crippen LogP contribution < -0.4 is 4.90 Å². The van der Waals surface area contributed by atoms with Gasteiger partial charge in [0.2, 0.25) is 17.6 Å². The van der Waals surface area contributed by atoms with Crippen molar-refractivity contribution in [1.82, 2.24) is 10.1 Å². The molecule has 5 rings (SSSR count). The number of nitrogens with zero attached hydrogens (tertiary/aromatic N) is 3. The number of carbonyl (C=O) groups excluding carboxylic acids is 1. The fourth-order valence-corrected chi connectivity index (χ4v) is 4.36. The van der Waals surface area contributed by atoms with E-state index in [4.69, 9.17) is 4.52 Å². The molecule has 5 heteroatoms. The summed E-state index contributed by atoms with van der Waals surface area (Å²) in [6.07, 6.45) is 3.90. The number of rotatable bonds is 3. The van der Waals surface area contributed by atoms with Crippen molar-refractivity contribution in [3.63, 3.8) is 0 Å². The van der Waals surface area contributed by atoms with Gasteiger partial charge in [-0.15, -0.1) is 0 Å². The van der Waals surface area contributed by atoms with Gasteiger partial charge in [0.15, 0.2) is 0 Å². The van der Waals surface area contributed by atoms with Gasteiger partial charge in [0.05, 0.1) is 5.92 Å². The number of fused-ring (bicyclic) bond motifs is 1. The Hall–Kier alpha value is -2.95. The van der Waals surface area contributed by atoms with E-state index in [-0.39, 0.29) is 11.8 Å². The lowest BCUT2D eigenvalue weighted by molar-refractivity contribution is -0.117. The maximum absolute atomic E-state index is 12.7. The molecule has 0 N–H and O–H groups in total. The Kier molecular flexibility index (Phi) is 4.04. The first-order valence-electron chi connectivity index (χ1n) is 9.92. The fourth-order valence-electron chi connectivity index (χ4n) is 4.36. The van der Waals surface area contributed by atoms with E-state index in [0.29, 0.717) is 24.7 Å². The lowest BCUT2D eigenvalue weighted by Gasteiger charge is -2.19. The van der Waals surface area contributed by atoms with Crippen molar-refractivity contribution in [2.75, 3.05) is 11.4 Å². The van der Waals surface area contributed by atoms with Gasteiger partial charge >= 0.3 is 0 Å². The first-order chi connectivity index (χ1) is 13.6. The second-order valence-electron chi connectivity index (χ2n) is 7.92. The van der Waals surface area contributed by atoms with Crippen molar-refractivity contribution in [2.45, 2.75) is 45.4 Å². The maximum atomic E-state index is 12.7. The highest BCUT2D eigenvalue weighted by Crippen LogP contribution is 2.34. The van der Waals surface area contributed by atoms with Gasteiger partial charge in [-0.05, 0) is 67.5 Å². The van der Waals surface area contributed by atoms with Crippen LogP contribution >= 0.6 is 0 Å². The molecule has 2 aliphatic rings. The predicted molar refractivity (Wildman–Crippen MR) is 107 cm³/mol. The Bertz CT molecular complexity index is 1070. The third-order valence-electron chi connectivity index (χ3n) is 6.14. The molecule has 1 aliphatic heterocycles. The van der Waals surface area contributed by atoms with E-state index < -0.39 is 0 Å². The molecule has 28 heavy (non-hydrogen) atoms. The number of aryl methyl sites for hydroxylation is 3. The number of carbonyl (C=O) groups is 1. The van der Waals surface area contributed by atoms with E-state index >= 15 is 0 Å². The van der Waals surface area contributed by atoms with E-state index in [1.165, 1.54) is 23.1 Å². The van der Waals surface area contributed by atoms with Crippen LogP contribution in [-0.2, 0) is 17.6 Å². The molecule has 0 spiro atoms. The van der Waals surface area contributed by atoms with Crippen LogP contribution in [0.5, 0.6) is 0 Å². The highest BCUT2D eigenvalue weighted by Gasteiger charge is 2.35. The average molecular weight is 373 g/mol. The third kappa shape index (κ3) is 2.82. The lowest BCUT2D eigenvalue weighted by Crippen LogP contribution is -2.25. The molecular formula is C23H23N3O2. The summed E-state index contributed by atoms with van der Waals surface area (Å²) in [4.78, 5) is 19.2. The topological polar surface area (TPSA) is 59.2 Å². The molecule has 0 bridgehead atoms. The molecule has 142 valence electrons. The molecule has 1 amide bonds. The van der Waals surface area contributed by atoms with Gasteiger partial charge < -0.3 is 9.42 Å². The Morgan fingerprint density at radius 2 is 1.96 bits per heavy atom. The minimum absolute atomic E-state index is 0.0666. The summed E-state index contributed by atoms with van der Waals surface area (Å²) in [5.41, 5.74) is 7.11. The second-order valence-corrected chi connectivity index (χ2v) is 7.92. The van der Waals surface area contributed by atoms with Crippen LogP contribution in [0.15, 0.2) is 40.9 Å². The largest absolute Gasteiger partial charge is 0.339 e. The molecule has 1 saturated heterocycles. The fraction of sp³-hybridized carbons (Fsp3) is 0.348. The van der Waals surface area contributed by atoms with Crippen molar-refractivity contribution in [1.29, 1.82) is 0 Å². The lowest BCUT2D eigenvalue weighted by atomic mass is 10.1. The summed E-state index contributed by atoms with van der Waals surface area (Å²) in [6.45, 7) is 4.70. The van der Waals surface area contributed by atoms with Gasteiger partial charge in [-0.2, -0.15) is 4.98 Å². The summed E-state index contributed by atoms with van der Waals surface area (Å²) in [5.74, 6) is 1.21. The molecule has 0 saturated carbocycles. The standard InChI is InChI=1S/C23H23N3O2/c1-14-5-3-8-20(15(14)2)26-13-19(12-21(26)27)23-24-22(25-28-23)18-10-9-16-6-4-7-17(16)11-18/h3,5,8-11,19H,4,6-7,12-13H2,1-2H3. The van der Waals surface area contributed by atoms with Crippen LogP contribution in [0.4, 0.5) is 5.69 Å². The van der Waals surface area contributed by atoms with Crippen molar-refractivity contribution in [2.24, 2.45) is 0 Å². The Morgan fingerprint density at radius 3 is 2.86 bits per heavy atom. The van der Waals surface area contributed by atoms with E-state index in [9.17, 15) is 4.79 Å². The monoisotopic (exact) mass is 373 g/mol. The zero-order chi connectivity index (χ0) is 19.3. The Morgan fingerprint density at radius 1 is 1.11 bits per heavy atom. The van der Waals surface area contributed by atoms with Gasteiger partial charge in [-0.1, -0.05) is 29.4 Å². The summed E-state index contributed by atoms with van der Waals surface area (Å²) < 4.78 is 5.57. The summed E-state index contributed by atoms with van der Waals surface area (Å²) in [6, 6.07) is 12.5. The van der Waals surface area contributed by atoms with Crippen LogP contribution in [0.3, 0.4) is 0 Å². The normalized spacial score (nSPS) is 18.7. The average Bonchev–Trinajstić information content (AvgIpc) is 3.42. The van der Waals surface area contributed by atoms with Gasteiger partial charge in [-0.25, -0.2) is 0 Å². The minimum atomic E-state index is -0.0666. The second kappa shape index (κ2) is 6.59. The van der Waals surface area contributed by atoms with Crippen molar-refractivity contribution >= 4 is 11.6 Å². The smallest absolute Gasteiger partial charge is 0.232 e. The molecule has 1 unspecified atom stereocenters. The van der Waals surface area contributed by atoms with E-state index in [1.807, 2.05) is 17.0 Å². The number of aromatic nitrogens is 2. The number of benzene rings is 2. The molecular weight excluding hydrogens is 350 g/mol. The first kappa shape index (κ1) is 17.2. The Balaban J connectivity index is 1.39. The van der Waals surface area contributed by atoms with E-state index in [1.54, 1.807) is 0 Å². The first-order valence-corrected chi connectivity index (χ1v) is 9.92. The van der Waals surface area contributed by atoms with E-state index in [2.05, 4.69) is 48.3 Å². The molecule has 2 aromatic carbocycles. The highest BCUT2D eigenvalue weighted by molar-refractivity contribution is 5.97. The van der Waals surface area contributed by atoms with Crippen molar-refractivity contribution in [3.05, 3.63) is 64.5 Å². The quantitative estimate of drug-likeness (QED) is 0.684. The summed E-state index contributed by atoms with van der Waals surface area (Å²) in [5, 5.41) is 4.20. The van der Waals surface area contributed by atoms with Gasteiger partial charge in [0.25, 0.3) is 0 Å². The van der Waals surface area contributed by atoms with Crippen LogP contribution in [0.25, 0.3) is 11.4 Å². The van der Waals surface area contributed by atoms with Crippen LogP contribution in [0.2, 0.25) is 0 Å². The van der Waals surface area contributed by atoms with Crippen molar-refractivity contribution in [3.8, 4) is 11.4 Å². The van der Waals surface area contributed by atoms with Gasteiger partial charge in [0.1, 0.15) is 0 Å². The molecule has 1 atom stereocenters. The maximum Gasteiger partial charge on any atom is 0.232 e. The SMILES string of the molecule is Cc1cccc(N2CC(c3nc(-c4ccc5c(c4)CCC5)no3)CC2=O)c1C. The molecule has 1 aromatic heterocycles. The zero-order valence-electron chi connectivity index (χ0n) is 16.2. The molecule has 5 nitrogen and oxygen atoms in total. The minimum Gasteiger partial charge on any atom is -0.339 e. The summed E-state index contributed by atoms with van der Waals surface area (Å²) >= 11 is 0. The van der Waals surface area contributed by atoms with Gasteiger partial charge in [0, 0.05) is 24.2 Å². The molecule has 1 fully saturated rings. The molecule has 1 aliphatic carbocycles. The van der Waals surface area contributed by atoms with Crippen molar-refractivity contribution < 1.29 is 9.32 Å². The molecule has 0 radical (unpaired) electrons. The predicted octanol–water partition coefficient (Wildman–Crippen LogP) is 4.36. The van der Waals surface area contributed by atoms with Crippen LogP contribution in [0.1, 0.15) is 46.9 Å². The van der Waals surface area contributed by atoms with Crippen LogP contribution in [0, 0.1) is 13.8 Å². The van der Waals surface area contributed by atoms with Crippen LogP contribution in [-0.4, -0.2) is 22.6 Å². The number of amides is 1. The number of anilines is 1. The third-order valence-corrected chi connectivity index (χ3v) is 6.14. The highest BCUT2D eigenvalue weighted by atomic mass is 16.5. The molecule has 2 heterocycles. The Labute approximate surface area is 164 Å². The molecule has 3 aromatic rings. The number of hydrogen-bond acceptors (Lipinski definition) is 4. The zero-order valence-corrected chi connectivity index (χ0v) is 16.2. The van der Waals surface area contributed by atoms with Gasteiger partial charge in [-0.3, -0.25) is 4.79 Å². The summed E-state index contributed by atoms with van der Waals surface area (Å²) in [7, 11) is 0. The number of hydrogen-bond donors (Lipinski definition) is 0. The van der Waals surface area contributed by atoms with E-state index in [0.717, 1.165) is 29.7 Å².